The van der Waals surface area contributed by atoms with Crippen LogP contribution >= 0.6 is 11.6 Å². The Kier molecular flexibility index (Phi) is 4.95. The van der Waals surface area contributed by atoms with Gasteiger partial charge in [-0.15, -0.1) is 11.6 Å². The summed E-state index contributed by atoms with van der Waals surface area (Å²) in [7, 11) is 1.36. The maximum atomic E-state index is 11.6. The molecule has 0 bridgehead atoms. The maximum Gasteiger partial charge on any atom is 0.337 e. The molecule has 0 aliphatic carbocycles. The van der Waals surface area contributed by atoms with Gasteiger partial charge < -0.3 is 10.5 Å². The third-order valence-corrected chi connectivity index (χ3v) is 3.15. The van der Waals surface area contributed by atoms with Gasteiger partial charge in [-0.3, -0.25) is 0 Å². The monoisotopic (exact) mass is 302 g/mol. The van der Waals surface area contributed by atoms with Crippen LogP contribution in [0.5, 0.6) is 0 Å². The number of alkyl halides is 1. The molecule has 0 aliphatic heterocycles. The van der Waals surface area contributed by atoms with Gasteiger partial charge in [0.15, 0.2) is 0 Å². The first-order valence-corrected chi connectivity index (χ1v) is 6.85. The van der Waals surface area contributed by atoms with Crippen LogP contribution in [-0.2, 0) is 4.74 Å². The van der Waals surface area contributed by atoms with E-state index in [0.29, 0.717) is 17.1 Å². The predicted molar refractivity (Wildman–Crippen MR) is 85.2 cm³/mol. The van der Waals surface area contributed by atoms with Crippen LogP contribution in [0.1, 0.15) is 10.4 Å². The normalized spacial score (nSPS) is 11.2. The molecule has 0 saturated carbocycles. The molecule has 2 aromatic rings. The number of aliphatic imine (C=N–C) groups is 1. The van der Waals surface area contributed by atoms with Crippen molar-refractivity contribution in [1.29, 1.82) is 0 Å². The fraction of sp³-hybridized carbons (Fsp3) is 0.125. The molecule has 0 saturated heterocycles. The highest BCUT2D eigenvalue weighted by Crippen LogP contribution is 2.25. The molecule has 4 nitrogen and oxygen atoms in total. The Labute approximate surface area is 128 Å². The third kappa shape index (κ3) is 3.83. The van der Waals surface area contributed by atoms with Crippen LogP contribution in [0.2, 0.25) is 0 Å². The third-order valence-electron chi connectivity index (χ3n) is 2.87. The van der Waals surface area contributed by atoms with Crippen molar-refractivity contribution in [3.63, 3.8) is 0 Å². The van der Waals surface area contributed by atoms with Crippen LogP contribution in [0, 0.1) is 0 Å². The molecule has 0 unspecified atom stereocenters. The number of halogens is 1. The number of benzene rings is 2. The summed E-state index contributed by atoms with van der Waals surface area (Å²) in [6.07, 6.45) is 0. The number of carbonyl (C=O) groups is 1. The van der Waals surface area contributed by atoms with E-state index in [4.69, 9.17) is 22.1 Å². The van der Waals surface area contributed by atoms with Crippen molar-refractivity contribution in [2.24, 2.45) is 10.7 Å². The lowest BCUT2D eigenvalue weighted by Gasteiger charge is -2.05. The summed E-state index contributed by atoms with van der Waals surface area (Å²) in [5.41, 5.74) is 8.69. The summed E-state index contributed by atoms with van der Waals surface area (Å²) in [6.45, 7) is 0. The van der Waals surface area contributed by atoms with Crippen LogP contribution in [0.3, 0.4) is 0 Å². The maximum absolute atomic E-state index is 11.6. The number of nitrogens with zero attached hydrogens (tertiary/aromatic N) is 1. The number of hydrogen-bond donors (Lipinski definition) is 1. The van der Waals surface area contributed by atoms with Gasteiger partial charge >= 0.3 is 5.97 Å². The van der Waals surface area contributed by atoms with E-state index in [1.807, 2.05) is 36.4 Å². The Bertz CT molecular complexity index is 683. The Hall–Kier alpha value is -2.33. The molecule has 2 rings (SSSR count). The summed E-state index contributed by atoms with van der Waals surface area (Å²) < 4.78 is 4.73. The minimum atomic E-state index is -0.364. The zero-order valence-electron chi connectivity index (χ0n) is 11.5. The fourth-order valence-corrected chi connectivity index (χ4v) is 1.95. The van der Waals surface area contributed by atoms with Crippen molar-refractivity contribution >= 4 is 29.1 Å². The van der Waals surface area contributed by atoms with Gasteiger partial charge in [0.25, 0.3) is 0 Å². The molecule has 0 aliphatic rings. The zero-order chi connectivity index (χ0) is 15.2. The molecule has 0 atom stereocenters. The minimum absolute atomic E-state index is 0.183. The summed E-state index contributed by atoms with van der Waals surface area (Å²) in [4.78, 5) is 15.8. The van der Waals surface area contributed by atoms with Crippen LogP contribution in [0.15, 0.2) is 53.5 Å². The van der Waals surface area contributed by atoms with E-state index in [1.165, 1.54) is 7.11 Å². The van der Waals surface area contributed by atoms with Gasteiger partial charge in [-0.1, -0.05) is 24.3 Å². The Balaban J connectivity index is 2.38. The van der Waals surface area contributed by atoms with Gasteiger partial charge in [0.05, 0.1) is 24.2 Å². The molecule has 0 amide bonds. The van der Waals surface area contributed by atoms with Crippen molar-refractivity contribution in [2.75, 3.05) is 13.0 Å². The van der Waals surface area contributed by atoms with Crippen molar-refractivity contribution in [1.82, 2.24) is 0 Å². The quantitative estimate of drug-likeness (QED) is 0.407. The van der Waals surface area contributed by atoms with Crippen molar-refractivity contribution in [3.05, 3.63) is 54.1 Å². The number of rotatable bonds is 4. The van der Waals surface area contributed by atoms with E-state index in [9.17, 15) is 4.79 Å². The lowest BCUT2D eigenvalue weighted by atomic mass is 10.0. The van der Waals surface area contributed by atoms with Gasteiger partial charge in [-0.25, -0.2) is 9.79 Å². The topological polar surface area (TPSA) is 64.7 Å². The van der Waals surface area contributed by atoms with Gasteiger partial charge in [0.1, 0.15) is 5.84 Å². The highest BCUT2D eigenvalue weighted by Gasteiger charge is 2.07. The lowest BCUT2D eigenvalue weighted by molar-refractivity contribution is 0.0601. The number of hydrogen-bond acceptors (Lipinski definition) is 3. The second-order valence-electron chi connectivity index (χ2n) is 4.36. The largest absolute Gasteiger partial charge is 0.465 e. The molecular formula is C16H15ClN2O2. The highest BCUT2D eigenvalue weighted by atomic mass is 35.5. The van der Waals surface area contributed by atoms with Crippen molar-refractivity contribution < 1.29 is 9.53 Å². The summed E-state index contributed by atoms with van der Waals surface area (Å²) in [5.74, 6) is 0.178. The zero-order valence-corrected chi connectivity index (χ0v) is 12.3. The molecule has 0 fully saturated rings. The second kappa shape index (κ2) is 6.90. The standard InChI is InChI=1S/C16H15ClN2O2/c1-21-16(20)13-6-2-4-11(8-13)12-5-3-7-14(9-12)19-15(18)10-17/h2-9H,10H2,1H3,(H2,18,19). The average Bonchev–Trinajstić information content (AvgIpc) is 2.54. The molecule has 0 radical (unpaired) electrons. The van der Waals surface area contributed by atoms with Crippen molar-refractivity contribution in [3.8, 4) is 11.1 Å². The van der Waals surface area contributed by atoms with E-state index >= 15 is 0 Å². The summed E-state index contributed by atoms with van der Waals surface area (Å²) in [5, 5.41) is 0. The second-order valence-corrected chi connectivity index (χ2v) is 4.63. The number of esters is 1. The first-order chi connectivity index (χ1) is 10.1. The molecule has 0 spiro atoms. The Morgan fingerprint density at radius 3 is 2.52 bits per heavy atom. The van der Waals surface area contributed by atoms with Crippen LogP contribution in [0.25, 0.3) is 11.1 Å². The molecule has 2 aromatic carbocycles. The average molecular weight is 303 g/mol. The molecule has 0 heterocycles. The van der Waals surface area contributed by atoms with Gasteiger partial charge in [0, 0.05) is 0 Å². The molecule has 21 heavy (non-hydrogen) atoms. The SMILES string of the molecule is COC(=O)c1cccc(-c2cccc(N=C(N)CCl)c2)c1. The first-order valence-electron chi connectivity index (χ1n) is 6.32. The number of ether oxygens (including phenoxy) is 1. The van der Waals surface area contributed by atoms with Gasteiger partial charge in [-0.2, -0.15) is 0 Å². The highest BCUT2D eigenvalue weighted by molar-refractivity contribution is 6.28. The molecule has 2 N–H and O–H groups in total. The summed E-state index contributed by atoms with van der Waals surface area (Å²) >= 11 is 5.62. The van der Waals surface area contributed by atoms with Crippen LogP contribution in [-0.4, -0.2) is 24.8 Å². The first kappa shape index (κ1) is 15.1. The molecule has 108 valence electrons. The van der Waals surface area contributed by atoms with E-state index in [-0.39, 0.29) is 11.8 Å². The number of carbonyl (C=O) groups excluding carboxylic acids is 1. The van der Waals surface area contributed by atoms with Gasteiger partial charge in [0.2, 0.25) is 0 Å². The van der Waals surface area contributed by atoms with E-state index in [1.54, 1.807) is 12.1 Å². The van der Waals surface area contributed by atoms with E-state index in [2.05, 4.69) is 4.99 Å². The number of amidine groups is 1. The molecule has 0 aromatic heterocycles. The van der Waals surface area contributed by atoms with Crippen molar-refractivity contribution in [2.45, 2.75) is 0 Å². The predicted octanol–water partition coefficient (Wildman–Crippen LogP) is 3.37. The number of methoxy groups -OCH3 is 1. The fourth-order valence-electron chi connectivity index (χ4n) is 1.89. The number of nitrogens with two attached hydrogens (primary N) is 1. The van der Waals surface area contributed by atoms with Crippen LogP contribution in [0.4, 0.5) is 5.69 Å². The Morgan fingerprint density at radius 1 is 1.19 bits per heavy atom. The van der Waals surface area contributed by atoms with E-state index < -0.39 is 0 Å². The molecule has 5 heteroatoms. The summed E-state index contributed by atoms with van der Waals surface area (Å²) in [6, 6.07) is 14.8. The smallest absolute Gasteiger partial charge is 0.337 e. The minimum Gasteiger partial charge on any atom is -0.465 e. The molecular weight excluding hydrogens is 288 g/mol. The Morgan fingerprint density at radius 2 is 1.86 bits per heavy atom. The van der Waals surface area contributed by atoms with Crippen LogP contribution < -0.4 is 5.73 Å². The lowest BCUT2D eigenvalue weighted by Crippen LogP contribution is -2.12. The van der Waals surface area contributed by atoms with Gasteiger partial charge in [-0.05, 0) is 35.4 Å². The van der Waals surface area contributed by atoms with E-state index in [0.717, 1.165) is 11.1 Å².